The Morgan fingerprint density at radius 2 is 2.11 bits per heavy atom. The highest BCUT2D eigenvalue weighted by Crippen LogP contribution is 2.32. The summed E-state index contributed by atoms with van der Waals surface area (Å²) >= 11 is 1.20. The Balaban J connectivity index is 1.48. The molecular formula is C17H17N5O5S. The number of carbonyl (C=O) groups is 1. The summed E-state index contributed by atoms with van der Waals surface area (Å²) < 4.78 is 21.3. The van der Waals surface area contributed by atoms with Crippen LogP contribution in [0.3, 0.4) is 0 Å². The second kappa shape index (κ2) is 7.92. The first-order valence-electron chi connectivity index (χ1n) is 8.33. The lowest BCUT2D eigenvalue weighted by Crippen LogP contribution is -2.11. The molecule has 0 aliphatic carbocycles. The number of nitrogens with one attached hydrogen (secondary N) is 2. The zero-order chi connectivity index (χ0) is 19.5. The third-order valence-electron chi connectivity index (χ3n) is 3.95. The van der Waals surface area contributed by atoms with Crippen LogP contribution in [0.25, 0.3) is 11.4 Å². The van der Waals surface area contributed by atoms with Crippen molar-refractivity contribution in [3.8, 4) is 22.9 Å². The zero-order valence-corrected chi connectivity index (χ0v) is 15.9. The summed E-state index contributed by atoms with van der Waals surface area (Å²) in [6.07, 6.45) is 0.963. The average molecular weight is 403 g/mol. The highest BCUT2D eigenvalue weighted by Gasteiger charge is 2.23. The Labute approximate surface area is 163 Å². The fourth-order valence-electron chi connectivity index (χ4n) is 2.60. The van der Waals surface area contributed by atoms with Crippen molar-refractivity contribution in [1.29, 1.82) is 0 Å². The predicted molar refractivity (Wildman–Crippen MR) is 99.6 cm³/mol. The molecule has 28 heavy (non-hydrogen) atoms. The van der Waals surface area contributed by atoms with Gasteiger partial charge in [-0.15, -0.1) is 16.4 Å². The van der Waals surface area contributed by atoms with E-state index in [1.807, 2.05) is 0 Å². The number of carbonyl (C=O) groups excluding carboxylic acids is 1. The van der Waals surface area contributed by atoms with Crippen molar-refractivity contribution in [2.75, 3.05) is 32.8 Å². The van der Waals surface area contributed by atoms with Crippen LogP contribution in [-0.4, -0.2) is 53.5 Å². The first-order chi connectivity index (χ1) is 13.7. The second-order valence-corrected chi connectivity index (χ2v) is 6.73. The Morgan fingerprint density at radius 3 is 2.86 bits per heavy atom. The van der Waals surface area contributed by atoms with E-state index in [0.717, 1.165) is 0 Å². The molecule has 1 aliphatic heterocycles. The van der Waals surface area contributed by atoms with E-state index < -0.39 is 6.29 Å². The Morgan fingerprint density at radius 1 is 1.29 bits per heavy atom. The van der Waals surface area contributed by atoms with Gasteiger partial charge in [-0.3, -0.25) is 15.2 Å². The molecule has 1 amide bonds. The van der Waals surface area contributed by atoms with Gasteiger partial charge in [-0.1, -0.05) is 0 Å². The first kappa shape index (κ1) is 18.3. The maximum absolute atomic E-state index is 12.4. The number of aromatic amines is 1. The molecule has 2 aromatic heterocycles. The fraction of sp³-hybridized carbons (Fsp3) is 0.294. The van der Waals surface area contributed by atoms with Crippen molar-refractivity contribution in [3.63, 3.8) is 0 Å². The molecule has 3 heterocycles. The minimum absolute atomic E-state index is 0.140. The maximum atomic E-state index is 12.4. The Bertz CT molecular complexity index is 982. The van der Waals surface area contributed by atoms with Gasteiger partial charge in [0.25, 0.3) is 5.91 Å². The molecule has 1 fully saturated rings. The first-order valence-corrected chi connectivity index (χ1v) is 9.14. The molecule has 1 aliphatic rings. The number of benzene rings is 1. The number of amides is 1. The molecule has 11 heteroatoms. The van der Waals surface area contributed by atoms with E-state index in [1.54, 1.807) is 32.4 Å². The largest absolute Gasteiger partial charge is 0.497 e. The number of hydrogen-bond acceptors (Lipinski definition) is 9. The number of ether oxygens (including phenoxy) is 4. The zero-order valence-electron chi connectivity index (χ0n) is 15.1. The lowest BCUT2D eigenvalue weighted by Gasteiger charge is -2.07. The summed E-state index contributed by atoms with van der Waals surface area (Å²) in [5.74, 6) is 1.45. The van der Waals surface area contributed by atoms with Gasteiger partial charge in [0.05, 0.1) is 39.2 Å². The van der Waals surface area contributed by atoms with Gasteiger partial charge < -0.3 is 18.9 Å². The van der Waals surface area contributed by atoms with Gasteiger partial charge in [-0.25, -0.2) is 4.98 Å². The Kier molecular flexibility index (Phi) is 5.19. The standard InChI is InChI=1S/C17H17N5O5S/c1-24-9-3-4-10(11(7-9)25-2)13-19-17(22-21-13)20-14(23)12-8-18-15(28-12)16-26-5-6-27-16/h3-4,7-8,16H,5-6H2,1-2H3,(H2,19,20,21,22,23). The van der Waals surface area contributed by atoms with E-state index in [-0.39, 0.29) is 11.9 Å². The molecule has 0 unspecified atom stereocenters. The van der Waals surface area contributed by atoms with Crippen molar-refractivity contribution in [3.05, 3.63) is 34.3 Å². The summed E-state index contributed by atoms with van der Waals surface area (Å²) in [5, 5.41) is 10.1. The Hall–Kier alpha value is -3.02. The monoisotopic (exact) mass is 403 g/mol. The number of H-pyrrole nitrogens is 1. The summed E-state index contributed by atoms with van der Waals surface area (Å²) in [5.41, 5.74) is 0.687. The van der Waals surface area contributed by atoms with E-state index in [9.17, 15) is 4.79 Å². The van der Waals surface area contributed by atoms with Crippen molar-refractivity contribution in [2.24, 2.45) is 0 Å². The van der Waals surface area contributed by atoms with E-state index >= 15 is 0 Å². The normalized spacial score (nSPS) is 14.2. The van der Waals surface area contributed by atoms with Crippen molar-refractivity contribution in [1.82, 2.24) is 20.2 Å². The number of anilines is 1. The summed E-state index contributed by atoms with van der Waals surface area (Å²) in [6.45, 7) is 1.03. The van der Waals surface area contributed by atoms with Crippen LogP contribution in [-0.2, 0) is 9.47 Å². The van der Waals surface area contributed by atoms with Crippen LogP contribution in [0.2, 0.25) is 0 Å². The highest BCUT2D eigenvalue weighted by atomic mass is 32.1. The summed E-state index contributed by atoms with van der Waals surface area (Å²) in [4.78, 5) is 21.3. The van der Waals surface area contributed by atoms with E-state index in [4.69, 9.17) is 18.9 Å². The molecule has 0 spiro atoms. The van der Waals surface area contributed by atoms with Gasteiger partial charge in [0.2, 0.25) is 12.2 Å². The van der Waals surface area contributed by atoms with Gasteiger partial charge in [0.15, 0.2) is 5.82 Å². The van der Waals surface area contributed by atoms with Gasteiger partial charge in [0, 0.05) is 6.07 Å². The van der Waals surface area contributed by atoms with Crippen LogP contribution in [0.15, 0.2) is 24.4 Å². The smallest absolute Gasteiger partial charge is 0.269 e. The topological polar surface area (TPSA) is 120 Å². The lowest BCUT2D eigenvalue weighted by molar-refractivity contribution is -0.0442. The summed E-state index contributed by atoms with van der Waals surface area (Å²) in [6, 6.07) is 5.31. The van der Waals surface area contributed by atoms with Crippen molar-refractivity contribution < 1.29 is 23.7 Å². The second-order valence-electron chi connectivity index (χ2n) is 5.66. The van der Waals surface area contributed by atoms with E-state index in [0.29, 0.717) is 46.0 Å². The minimum atomic E-state index is -0.510. The quantitative estimate of drug-likeness (QED) is 0.643. The number of aromatic nitrogens is 4. The summed E-state index contributed by atoms with van der Waals surface area (Å²) in [7, 11) is 3.13. The third kappa shape index (κ3) is 3.67. The van der Waals surface area contributed by atoms with E-state index in [2.05, 4.69) is 25.5 Å². The molecule has 146 valence electrons. The molecule has 0 saturated carbocycles. The minimum Gasteiger partial charge on any atom is -0.497 e. The van der Waals surface area contributed by atoms with Crippen LogP contribution in [0, 0.1) is 0 Å². The van der Waals surface area contributed by atoms with E-state index in [1.165, 1.54) is 17.5 Å². The number of thiazole rings is 1. The molecule has 2 N–H and O–H groups in total. The number of rotatable bonds is 6. The average Bonchev–Trinajstić information content (AvgIpc) is 3.48. The van der Waals surface area contributed by atoms with Crippen LogP contribution < -0.4 is 14.8 Å². The van der Waals surface area contributed by atoms with Gasteiger partial charge in [-0.2, -0.15) is 4.98 Å². The molecule has 4 rings (SSSR count). The molecule has 0 atom stereocenters. The van der Waals surface area contributed by atoms with Crippen LogP contribution in [0.1, 0.15) is 21.0 Å². The molecule has 1 aromatic carbocycles. The molecule has 0 radical (unpaired) electrons. The number of methoxy groups -OCH3 is 2. The van der Waals surface area contributed by atoms with Crippen LogP contribution in [0.4, 0.5) is 5.95 Å². The molecule has 10 nitrogen and oxygen atoms in total. The van der Waals surface area contributed by atoms with Crippen molar-refractivity contribution >= 4 is 23.2 Å². The molecule has 3 aromatic rings. The molecule has 1 saturated heterocycles. The van der Waals surface area contributed by atoms with Crippen molar-refractivity contribution in [2.45, 2.75) is 6.29 Å². The number of nitrogens with zero attached hydrogens (tertiary/aromatic N) is 3. The predicted octanol–water partition coefficient (Wildman–Crippen LogP) is 2.24. The lowest BCUT2D eigenvalue weighted by atomic mass is 10.2. The van der Waals surface area contributed by atoms with Crippen LogP contribution in [0.5, 0.6) is 11.5 Å². The van der Waals surface area contributed by atoms with Crippen LogP contribution >= 0.6 is 11.3 Å². The molecular weight excluding hydrogens is 386 g/mol. The SMILES string of the molecule is COc1ccc(-c2nc(NC(=O)c3cnc(C4OCCO4)s3)n[nH]2)c(OC)c1. The number of hydrogen-bond donors (Lipinski definition) is 2. The van der Waals surface area contributed by atoms with Gasteiger partial charge >= 0.3 is 0 Å². The fourth-order valence-corrected chi connectivity index (χ4v) is 3.41. The van der Waals surface area contributed by atoms with Gasteiger partial charge in [-0.05, 0) is 12.1 Å². The molecule has 0 bridgehead atoms. The third-order valence-corrected chi connectivity index (χ3v) is 4.96. The maximum Gasteiger partial charge on any atom is 0.269 e. The highest BCUT2D eigenvalue weighted by molar-refractivity contribution is 7.13. The van der Waals surface area contributed by atoms with Gasteiger partial charge in [0.1, 0.15) is 21.4 Å².